The van der Waals surface area contributed by atoms with Crippen LogP contribution in [0.4, 0.5) is 0 Å². The first-order valence-corrected chi connectivity index (χ1v) is 4.59. The van der Waals surface area contributed by atoms with Crippen LogP contribution in [0.15, 0.2) is 12.1 Å². The number of hydrogen-bond acceptors (Lipinski definition) is 4. The van der Waals surface area contributed by atoms with Crippen molar-refractivity contribution < 1.29 is 24.1 Å². The maximum absolute atomic E-state index is 10.4. The summed E-state index contributed by atoms with van der Waals surface area (Å²) in [5.41, 5.74) is 0.272. The third kappa shape index (κ3) is 2.33. The van der Waals surface area contributed by atoms with Gasteiger partial charge in [-0.3, -0.25) is 0 Å². The molecule has 4 N–H and O–H groups in total. The van der Waals surface area contributed by atoms with Crippen LogP contribution in [-0.4, -0.2) is 24.1 Å². The van der Waals surface area contributed by atoms with Crippen LogP contribution in [-0.2, 0) is 16.8 Å². The zero-order valence-corrected chi connectivity index (χ0v) is 7.28. The number of phenols is 3. The smallest absolute Gasteiger partial charge is 0.200 e. The molecule has 1 unspecified atom stereocenters. The van der Waals surface area contributed by atoms with Crippen LogP contribution in [0.1, 0.15) is 5.56 Å². The van der Waals surface area contributed by atoms with Gasteiger partial charge >= 0.3 is 0 Å². The van der Waals surface area contributed by atoms with E-state index >= 15 is 0 Å². The van der Waals surface area contributed by atoms with E-state index < -0.39 is 28.3 Å². The molecule has 0 bridgehead atoms. The topological polar surface area (TPSA) is 98.0 Å². The standard InChI is InChI=1S/C7H8O5S/c8-5-1-4(3-13(11)12)2-6(9)7(5)10/h1-2,8-10H,3H2,(H,11,12). The molecule has 72 valence electrons. The zero-order chi connectivity index (χ0) is 10.0. The molecule has 1 aromatic carbocycles. The van der Waals surface area contributed by atoms with Gasteiger partial charge < -0.3 is 19.9 Å². The molecule has 0 spiro atoms. The summed E-state index contributed by atoms with van der Waals surface area (Å²) in [5, 5.41) is 26.9. The van der Waals surface area contributed by atoms with Crippen molar-refractivity contribution in [3.8, 4) is 17.2 Å². The molecular weight excluding hydrogens is 196 g/mol. The summed E-state index contributed by atoms with van der Waals surface area (Å²) in [6.07, 6.45) is 0. The lowest BCUT2D eigenvalue weighted by Crippen LogP contribution is -1.92. The van der Waals surface area contributed by atoms with Crippen molar-refractivity contribution in [3.63, 3.8) is 0 Å². The minimum atomic E-state index is -2.04. The van der Waals surface area contributed by atoms with E-state index in [1.807, 2.05) is 0 Å². The van der Waals surface area contributed by atoms with Crippen LogP contribution in [0, 0.1) is 0 Å². The summed E-state index contributed by atoms with van der Waals surface area (Å²) in [7, 11) is 0. The van der Waals surface area contributed by atoms with Crippen molar-refractivity contribution in [2.75, 3.05) is 0 Å². The highest BCUT2D eigenvalue weighted by Gasteiger charge is 2.08. The molecule has 1 rings (SSSR count). The maximum Gasteiger partial charge on any atom is 0.200 e. The summed E-state index contributed by atoms with van der Waals surface area (Å²) >= 11 is -2.04. The van der Waals surface area contributed by atoms with Gasteiger partial charge in [0.15, 0.2) is 28.3 Å². The summed E-state index contributed by atoms with van der Waals surface area (Å²) in [5.74, 6) is -1.87. The molecule has 0 aliphatic heterocycles. The molecule has 0 heterocycles. The Bertz CT molecular complexity index is 326. The van der Waals surface area contributed by atoms with Crippen molar-refractivity contribution >= 4 is 11.1 Å². The van der Waals surface area contributed by atoms with E-state index in [2.05, 4.69) is 0 Å². The second kappa shape index (κ2) is 3.63. The van der Waals surface area contributed by atoms with E-state index in [4.69, 9.17) is 19.9 Å². The summed E-state index contributed by atoms with van der Waals surface area (Å²) < 4.78 is 18.9. The van der Waals surface area contributed by atoms with Crippen LogP contribution < -0.4 is 0 Å². The molecule has 5 nitrogen and oxygen atoms in total. The Balaban J connectivity index is 3.06. The Hall–Kier alpha value is -1.27. The number of benzene rings is 1. The number of hydrogen-bond donors (Lipinski definition) is 4. The van der Waals surface area contributed by atoms with Crippen molar-refractivity contribution in [1.29, 1.82) is 0 Å². The number of rotatable bonds is 2. The third-order valence-corrected chi connectivity index (χ3v) is 2.00. The first-order chi connectivity index (χ1) is 6.00. The third-order valence-electron chi connectivity index (χ3n) is 1.42. The molecule has 0 radical (unpaired) electrons. The van der Waals surface area contributed by atoms with Crippen molar-refractivity contribution in [2.24, 2.45) is 0 Å². The lowest BCUT2D eigenvalue weighted by molar-refractivity contribution is 0.367. The van der Waals surface area contributed by atoms with E-state index in [0.29, 0.717) is 0 Å². The molecule has 1 aromatic rings. The highest BCUT2D eigenvalue weighted by atomic mass is 32.2. The molecule has 0 aromatic heterocycles. The number of aromatic hydroxyl groups is 3. The number of phenolic OH excluding ortho intramolecular Hbond substituents is 3. The average Bonchev–Trinajstić information content (AvgIpc) is 1.98. The van der Waals surface area contributed by atoms with Crippen LogP contribution in [0.2, 0.25) is 0 Å². The molecule has 1 atom stereocenters. The van der Waals surface area contributed by atoms with Crippen molar-refractivity contribution in [2.45, 2.75) is 5.75 Å². The SMILES string of the molecule is O=S(O)Cc1cc(O)c(O)c(O)c1. The first-order valence-electron chi connectivity index (χ1n) is 3.32. The van der Waals surface area contributed by atoms with Gasteiger partial charge in [0.2, 0.25) is 0 Å². The molecule has 0 amide bonds. The van der Waals surface area contributed by atoms with Crippen molar-refractivity contribution in [1.82, 2.24) is 0 Å². The lowest BCUT2D eigenvalue weighted by Gasteiger charge is -2.03. The maximum atomic E-state index is 10.4. The molecular formula is C7H8O5S. The van der Waals surface area contributed by atoms with E-state index in [1.54, 1.807) is 0 Å². The van der Waals surface area contributed by atoms with Gasteiger partial charge in [-0.2, -0.15) is 0 Å². The lowest BCUT2D eigenvalue weighted by atomic mass is 10.2. The van der Waals surface area contributed by atoms with Crippen LogP contribution in [0.25, 0.3) is 0 Å². The first kappa shape index (κ1) is 9.82. The molecule has 0 aliphatic rings. The van der Waals surface area contributed by atoms with Gasteiger partial charge in [0.25, 0.3) is 0 Å². The Morgan fingerprint density at radius 3 is 2.00 bits per heavy atom. The predicted octanol–water partition coefficient (Wildman–Crippen LogP) is 0.525. The molecule has 0 saturated heterocycles. The highest BCUT2D eigenvalue weighted by molar-refractivity contribution is 7.78. The summed E-state index contributed by atoms with van der Waals surface area (Å²) in [6, 6.07) is 2.23. The predicted molar refractivity (Wildman–Crippen MR) is 45.9 cm³/mol. The van der Waals surface area contributed by atoms with Crippen LogP contribution in [0.3, 0.4) is 0 Å². The van der Waals surface area contributed by atoms with Gasteiger partial charge in [-0.05, 0) is 17.7 Å². The second-order valence-corrected chi connectivity index (χ2v) is 3.38. The van der Waals surface area contributed by atoms with Gasteiger partial charge in [0.1, 0.15) is 0 Å². The molecule has 0 fully saturated rings. The molecule has 6 heteroatoms. The van der Waals surface area contributed by atoms with E-state index in [-0.39, 0.29) is 11.3 Å². The van der Waals surface area contributed by atoms with E-state index in [0.717, 1.165) is 12.1 Å². The summed E-state index contributed by atoms with van der Waals surface area (Å²) in [6.45, 7) is 0. The molecule has 13 heavy (non-hydrogen) atoms. The van der Waals surface area contributed by atoms with Gasteiger partial charge in [-0.1, -0.05) is 0 Å². The van der Waals surface area contributed by atoms with Gasteiger partial charge in [-0.15, -0.1) is 0 Å². The Labute approximate surface area is 76.6 Å². The molecule has 0 aliphatic carbocycles. The Morgan fingerprint density at radius 2 is 1.62 bits per heavy atom. The Kier molecular flexibility index (Phi) is 2.74. The summed E-state index contributed by atoms with van der Waals surface area (Å²) in [4.78, 5) is 0. The van der Waals surface area contributed by atoms with E-state index in [9.17, 15) is 4.21 Å². The quantitative estimate of drug-likeness (QED) is 0.416. The fourth-order valence-electron chi connectivity index (χ4n) is 0.887. The Morgan fingerprint density at radius 1 is 1.15 bits per heavy atom. The van der Waals surface area contributed by atoms with Gasteiger partial charge in [-0.25, -0.2) is 4.21 Å². The minimum absolute atomic E-state index is 0.207. The monoisotopic (exact) mass is 204 g/mol. The largest absolute Gasteiger partial charge is 0.504 e. The zero-order valence-electron chi connectivity index (χ0n) is 6.47. The average molecular weight is 204 g/mol. The highest BCUT2D eigenvalue weighted by Crippen LogP contribution is 2.35. The fraction of sp³-hybridized carbons (Fsp3) is 0.143. The fourth-order valence-corrected chi connectivity index (χ4v) is 1.34. The second-order valence-electron chi connectivity index (χ2n) is 2.45. The van der Waals surface area contributed by atoms with Crippen molar-refractivity contribution in [3.05, 3.63) is 17.7 Å². The normalized spacial score (nSPS) is 12.7. The van der Waals surface area contributed by atoms with E-state index in [1.165, 1.54) is 0 Å². The van der Waals surface area contributed by atoms with Gasteiger partial charge in [0.05, 0.1) is 5.75 Å². The van der Waals surface area contributed by atoms with Crippen LogP contribution in [0.5, 0.6) is 17.2 Å². The van der Waals surface area contributed by atoms with Crippen LogP contribution >= 0.6 is 0 Å². The van der Waals surface area contributed by atoms with Gasteiger partial charge in [0, 0.05) is 0 Å². The minimum Gasteiger partial charge on any atom is -0.504 e. The molecule has 0 saturated carbocycles.